The molecule has 1 N–H and O–H groups in total. The van der Waals surface area contributed by atoms with Gasteiger partial charge in [0, 0.05) is 6.42 Å². The summed E-state index contributed by atoms with van der Waals surface area (Å²) in [6.45, 7) is 6.55. The van der Waals surface area contributed by atoms with Crippen LogP contribution in [0.1, 0.15) is 46.5 Å². The SMILES string of the molecule is C#CCCC1CCNC(C(=O)OC(C)(C)C)C1. The number of nitrogens with one attached hydrogen (secondary N) is 1. The fourth-order valence-corrected chi connectivity index (χ4v) is 2.10. The second-order valence-corrected chi connectivity index (χ2v) is 5.67. The Morgan fingerprint density at radius 3 is 2.82 bits per heavy atom. The first kappa shape index (κ1) is 14.1. The van der Waals surface area contributed by atoms with E-state index in [1.54, 1.807) is 0 Å². The molecule has 0 amide bonds. The first-order chi connectivity index (χ1) is 7.92. The summed E-state index contributed by atoms with van der Waals surface area (Å²) in [7, 11) is 0. The van der Waals surface area contributed by atoms with Crippen molar-refractivity contribution in [2.75, 3.05) is 6.54 Å². The van der Waals surface area contributed by atoms with E-state index in [-0.39, 0.29) is 12.0 Å². The Labute approximate surface area is 104 Å². The molecule has 0 aromatic heterocycles. The summed E-state index contributed by atoms with van der Waals surface area (Å²) in [5.41, 5.74) is -0.412. The van der Waals surface area contributed by atoms with Crippen LogP contribution in [-0.2, 0) is 9.53 Å². The predicted molar refractivity (Wildman–Crippen MR) is 68.4 cm³/mol. The minimum absolute atomic E-state index is 0.136. The number of rotatable bonds is 3. The molecule has 1 heterocycles. The number of piperidine rings is 1. The first-order valence-electron chi connectivity index (χ1n) is 6.32. The molecule has 3 nitrogen and oxygen atoms in total. The highest BCUT2D eigenvalue weighted by atomic mass is 16.6. The minimum atomic E-state index is -0.412. The summed E-state index contributed by atoms with van der Waals surface area (Å²) in [6, 6.07) is -0.161. The van der Waals surface area contributed by atoms with Gasteiger partial charge in [-0.25, -0.2) is 0 Å². The molecule has 0 radical (unpaired) electrons. The molecule has 0 spiro atoms. The summed E-state index contributed by atoms with van der Waals surface area (Å²) < 4.78 is 5.39. The third kappa shape index (κ3) is 5.23. The third-order valence-electron chi connectivity index (χ3n) is 2.90. The van der Waals surface area contributed by atoms with E-state index in [0.717, 1.165) is 32.2 Å². The summed E-state index contributed by atoms with van der Waals surface area (Å²) in [5.74, 6) is 3.07. The van der Waals surface area contributed by atoms with Gasteiger partial charge < -0.3 is 10.1 Å². The van der Waals surface area contributed by atoms with Crippen LogP contribution in [0.2, 0.25) is 0 Å². The molecule has 0 bridgehead atoms. The molecule has 2 atom stereocenters. The Morgan fingerprint density at radius 1 is 1.53 bits per heavy atom. The van der Waals surface area contributed by atoms with Crippen molar-refractivity contribution in [3.05, 3.63) is 0 Å². The molecule has 3 heteroatoms. The number of hydrogen-bond acceptors (Lipinski definition) is 3. The van der Waals surface area contributed by atoms with Crippen LogP contribution in [0.25, 0.3) is 0 Å². The number of esters is 1. The fraction of sp³-hybridized carbons (Fsp3) is 0.786. The Morgan fingerprint density at radius 2 is 2.24 bits per heavy atom. The molecule has 96 valence electrons. The zero-order valence-electron chi connectivity index (χ0n) is 11.1. The van der Waals surface area contributed by atoms with E-state index in [0.29, 0.717) is 5.92 Å². The highest BCUT2D eigenvalue weighted by Crippen LogP contribution is 2.22. The maximum atomic E-state index is 11.9. The van der Waals surface area contributed by atoms with Crippen LogP contribution >= 0.6 is 0 Å². The van der Waals surface area contributed by atoms with Gasteiger partial charge in [-0.1, -0.05) is 0 Å². The summed E-state index contributed by atoms with van der Waals surface area (Å²) in [4.78, 5) is 11.9. The van der Waals surface area contributed by atoms with E-state index in [1.165, 1.54) is 0 Å². The maximum Gasteiger partial charge on any atom is 0.323 e. The quantitative estimate of drug-likeness (QED) is 0.603. The normalized spacial score (nSPS) is 25.1. The van der Waals surface area contributed by atoms with Gasteiger partial charge in [-0.3, -0.25) is 4.79 Å². The number of terminal acetylenes is 1. The predicted octanol–water partition coefficient (Wildman–Crippen LogP) is 2.11. The van der Waals surface area contributed by atoms with Crippen molar-refractivity contribution in [3.8, 4) is 12.3 Å². The molecule has 1 saturated heterocycles. The lowest BCUT2D eigenvalue weighted by atomic mass is 9.89. The molecule has 0 aromatic carbocycles. The average Bonchev–Trinajstić information content (AvgIpc) is 2.24. The molecule has 0 aliphatic carbocycles. The molecule has 1 aliphatic rings. The zero-order valence-corrected chi connectivity index (χ0v) is 11.1. The van der Waals surface area contributed by atoms with Gasteiger partial charge in [0.2, 0.25) is 0 Å². The molecule has 1 rings (SSSR count). The number of carbonyl (C=O) groups excluding carboxylic acids is 1. The fourth-order valence-electron chi connectivity index (χ4n) is 2.10. The van der Waals surface area contributed by atoms with Gasteiger partial charge in [-0.15, -0.1) is 12.3 Å². The number of hydrogen-bond donors (Lipinski definition) is 1. The van der Waals surface area contributed by atoms with Gasteiger partial charge in [-0.05, 0) is 52.5 Å². The molecule has 2 unspecified atom stereocenters. The molecule has 0 saturated carbocycles. The minimum Gasteiger partial charge on any atom is -0.459 e. The average molecular weight is 237 g/mol. The maximum absolute atomic E-state index is 11.9. The molecule has 1 fully saturated rings. The standard InChI is InChI=1S/C14H23NO2/c1-5-6-7-11-8-9-15-12(10-11)13(16)17-14(2,3)4/h1,11-12,15H,6-10H2,2-4H3. The third-order valence-corrected chi connectivity index (χ3v) is 2.90. The van der Waals surface area contributed by atoms with Crippen molar-refractivity contribution in [3.63, 3.8) is 0 Å². The van der Waals surface area contributed by atoms with E-state index >= 15 is 0 Å². The Bertz CT molecular complexity index is 298. The van der Waals surface area contributed by atoms with Crippen LogP contribution in [-0.4, -0.2) is 24.2 Å². The van der Waals surface area contributed by atoms with Crippen LogP contribution < -0.4 is 5.32 Å². The van der Waals surface area contributed by atoms with Crippen LogP contribution in [0.5, 0.6) is 0 Å². The lowest BCUT2D eigenvalue weighted by molar-refractivity contribution is -0.158. The topological polar surface area (TPSA) is 38.3 Å². The molecule has 0 aromatic rings. The van der Waals surface area contributed by atoms with Crippen molar-refractivity contribution in [1.82, 2.24) is 5.32 Å². The Balaban J connectivity index is 2.43. The lowest BCUT2D eigenvalue weighted by Crippen LogP contribution is -2.46. The van der Waals surface area contributed by atoms with Crippen molar-refractivity contribution in [2.45, 2.75) is 58.1 Å². The molecule has 17 heavy (non-hydrogen) atoms. The second kappa shape index (κ2) is 6.07. The largest absolute Gasteiger partial charge is 0.459 e. The molecular formula is C14H23NO2. The van der Waals surface area contributed by atoms with Crippen LogP contribution in [0, 0.1) is 18.3 Å². The summed E-state index contributed by atoms with van der Waals surface area (Å²) in [6.07, 6.45) is 9.02. The van der Waals surface area contributed by atoms with Crippen molar-refractivity contribution < 1.29 is 9.53 Å². The Hall–Kier alpha value is -1.01. The molecular weight excluding hydrogens is 214 g/mol. The van der Waals surface area contributed by atoms with Gasteiger partial charge >= 0.3 is 5.97 Å². The van der Waals surface area contributed by atoms with Gasteiger partial charge in [0.05, 0.1) is 0 Å². The van der Waals surface area contributed by atoms with Crippen LogP contribution in [0.4, 0.5) is 0 Å². The van der Waals surface area contributed by atoms with Crippen molar-refractivity contribution in [1.29, 1.82) is 0 Å². The van der Waals surface area contributed by atoms with E-state index in [1.807, 2.05) is 20.8 Å². The monoisotopic (exact) mass is 237 g/mol. The van der Waals surface area contributed by atoms with E-state index in [4.69, 9.17) is 11.2 Å². The van der Waals surface area contributed by atoms with Gasteiger partial charge in [-0.2, -0.15) is 0 Å². The Kier molecular flexibility index (Phi) is 5.02. The smallest absolute Gasteiger partial charge is 0.323 e. The zero-order chi connectivity index (χ0) is 12.9. The first-order valence-corrected chi connectivity index (χ1v) is 6.32. The van der Waals surface area contributed by atoms with Crippen molar-refractivity contribution >= 4 is 5.97 Å². The van der Waals surface area contributed by atoms with Gasteiger partial charge in [0.15, 0.2) is 0 Å². The van der Waals surface area contributed by atoms with Crippen molar-refractivity contribution in [2.24, 2.45) is 5.92 Å². The van der Waals surface area contributed by atoms with Crippen LogP contribution in [0.15, 0.2) is 0 Å². The second-order valence-electron chi connectivity index (χ2n) is 5.67. The van der Waals surface area contributed by atoms with Gasteiger partial charge in [0.25, 0.3) is 0 Å². The van der Waals surface area contributed by atoms with E-state index in [9.17, 15) is 4.79 Å². The van der Waals surface area contributed by atoms with E-state index in [2.05, 4.69) is 11.2 Å². The van der Waals surface area contributed by atoms with Gasteiger partial charge in [0.1, 0.15) is 11.6 Å². The molecule has 1 aliphatic heterocycles. The summed E-state index contributed by atoms with van der Waals surface area (Å²) in [5, 5.41) is 3.22. The van der Waals surface area contributed by atoms with E-state index < -0.39 is 5.60 Å². The number of ether oxygens (including phenoxy) is 1. The highest BCUT2D eigenvalue weighted by molar-refractivity contribution is 5.76. The summed E-state index contributed by atoms with van der Waals surface area (Å²) >= 11 is 0. The highest BCUT2D eigenvalue weighted by Gasteiger charge is 2.30. The lowest BCUT2D eigenvalue weighted by Gasteiger charge is -2.31. The number of carbonyl (C=O) groups is 1. The van der Waals surface area contributed by atoms with Crippen LogP contribution in [0.3, 0.4) is 0 Å².